The van der Waals surface area contributed by atoms with Crippen LogP contribution in [0.3, 0.4) is 0 Å². The fraction of sp³-hybridized carbons (Fsp3) is 0.574. The van der Waals surface area contributed by atoms with E-state index in [1.165, 1.54) is 17.5 Å². The molecule has 1 fully saturated rings. The summed E-state index contributed by atoms with van der Waals surface area (Å²) in [6.45, 7) is 33.9. The highest BCUT2D eigenvalue weighted by Crippen LogP contribution is 2.42. The van der Waals surface area contributed by atoms with Gasteiger partial charge in [0.1, 0.15) is 23.2 Å². The van der Waals surface area contributed by atoms with Gasteiger partial charge in [-0.15, -0.1) is 0 Å². The second-order valence-electron chi connectivity index (χ2n) is 22.4. The minimum atomic E-state index is -2.82. The third kappa shape index (κ3) is 16.0. The number of rotatable bonds is 25. The van der Waals surface area contributed by atoms with Crippen LogP contribution in [-0.2, 0) is 27.8 Å². The van der Waals surface area contributed by atoms with Crippen LogP contribution in [0.1, 0.15) is 98.0 Å². The van der Waals surface area contributed by atoms with E-state index in [-0.39, 0.29) is 54.2 Å². The van der Waals surface area contributed by atoms with Crippen molar-refractivity contribution < 1.29 is 42.1 Å². The molecule has 15 heteroatoms. The second-order valence-corrected chi connectivity index (χ2v) is 37.0. The van der Waals surface area contributed by atoms with E-state index in [1.807, 2.05) is 26.0 Å². The molecule has 0 bridgehead atoms. The van der Waals surface area contributed by atoms with Crippen LogP contribution in [0.4, 0.5) is 0 Å². The zero-order valence-corrected chi connectivity index (χ0v) is 47.6. The van der Waals surface area contributed by atoms with Crippen LogP contribution in [0.15, 0.2) is 96.1 Å². The first kappa shape index (κ1) is 57.5. The average molecular weight is 1000 g/mol. The van der Waals surface area contributed by atoms with E-state index in [0.717, 1.165) is 6.04 Å². The molecule has 0 aliphatic carbocycles. The molecule has 1 aliphatic rings. The van der Waals surface area contributed by atoms with Crippen LogP contribution >= 0.6 is 0 Å². The minimum absolute atomic E-state index is 0.00694. The lowest BCUT2D eigenvalue weighted by Gasteiger charge is -2.45. The number of carbonyl (C=O) groups excluding carboxylic acids is 1. The molecule has 0 spiro atoms. The van der Waals surface area contributed by atoms with E-state index in [0.29, 0.717) is 29.9 Å². The van der Waals surface area contributed by atoms with Gasteiger partial charge in [-0.3, -0.25) is 0 Å². The van der Waals surface area contributed by atoms with Crippen LogP contribution in [0.2, 0.25) is 48.9 Å². The number of methoxy groups -OCH3 is 1. The van der Waals surface area contributed by atoms with Crippen molar-refractivity contribution in [1.82, 2.24) is 0 Å². The van der Waals surface area contributed by atoms with Gasteiger partial charge < -0.3 is 37.3 Å². The van der Waals surface area contributed by atoms with Crippen LogP contribution in [0, 0.1) is 5.92 Å². The number of nitrogens with zero attached hydrogens (tertiary/aromatic N) is 3. The van der Waals surface area contributed by atoms with E-state index in [4.69, 9.17) is 42.8 Å². The lowest BCUT2D eigenvalue weighted by atomic mass is 9.99. The third-order valence-corrected chi connectivity index (χ3v) is 24.4. The highest BCUT2D eigenvalue weighted by atomic mass is 28.4. The normalized spacial score (nSPS) is 18.2. The Balaban J connectivity index is 1.75. The SMILES string of the molecule is COCOc1ccc(OCCCN=[N+]=[N-])c(/C=C/C[C@H]2OC(C)(C)O[C@@H]2C(/C=C\[C@H](C)[C@H](C)O[Si](c2ccccc2)(c2ccccc2)C(C)(C)C)O[Si](C)(C)C(C)(C)C)c1C(=O)OCC[Si](C)(C)C. The van der Waals surface area contributed by atoms with Crippen LogP contribution in [0.5, 0.6) is 11.5 Å². The van der Waals surface area contributed by atoms with Crippen molar-refractivity contribution in [3.05, 3.63) is 113 Å². The Morgan fingerprint density at radius 3 is 1.99 bits per heavy atom. The van der Waals surface area contributed by atoms with Gasteiger partial charge in [0.25, 0.3) is 8.32 Å². The van der Waals surface area contributed by atoms with Gasteiger partial charge in [-0.25, -0.2) is 4.79 Å². The molecule has 1 aliphatic heterocycles. The third-order valence-electron chi connectivity index (χ3n) is 13.1. The fourth-order valence-electron chi connectivity index (χ4n) is 8.10. The zero-order valence-electron chi connectivity index (χ0n) is 44.6. The van der Waals surface area contributed by atoms with Crippen molar-refractivity contribution >= 4 is 47.1 Å². The van der Waals surface area contributed by atoms with E-state index in [9.17, 15) is 4.79 Å². The molecule has 380 valence electrons. The maximum absolute atomic E-state index is 14.1. The van der Waals surface area contributed by atoms with Crippen LogP contribution in [-0.4, -0.2) is 94.5 Å². The highest BCUT2D eigenvalue weighted by Gasteiger charge is 2.52. The maximum atomic E-state index is 14.1. The summed E-state index contributed by atoms with van der Waals surface area (Å²) in [6, 6.07) is 25.8. The molecule has 0 radical (unpaired) electrons. The first-order valence-corrected chi connectivity index (χ1v) is 33.1. The van der Waals surface area contributed by atoms with Crippen molar-refractivity contribution in [2.75, 3.05) is 33.7 Å². The van der Waals surface area contributed by atoms with E-state index in [2.05, 4.69) is 171 Å². The van der Waals surface area contributed by atoms with E-state index < -0.39 is 54.8 Å². The second kappa shape index (κ2) is 24.9. The van der Waals surface area contributed by atoms with Gasteiger partial charge in [0.05, 0.1) is 25.4 Å². The van der Waals surface area contributed by atoms with Crippen molar-refractivity contribution in [1.29, 1.82) is 0 Å². The quantitative estimate of drug-likeness (QED) is 0.0119. The number of hydrogen-bond acceptors (Lipinski definition) is 10. The summed E-state index contributed by atoms with van der Waals surface area (Å²) >= 11 is 0. The Bertz CT molecular complexity index is 2160. The Kier molecular flexibility index (Phi) is 20.8. The van der Waals surface area contributed by atoms with Gasteiger partial charge in [0, 0.05) is 38.3 Å². The number of esters is 1. The smallest absolute Gasteiger partial charge is 0.342 e. The van der Waals surface area contributed by atoms with E-state index in [1.54, 1.807) is 12.1 Å². The summed E-state index contributed by atoms with van der Waals surface area (Å²) in [6.07, 6.45) is 7.67. The summed E-state index contributed by atoms with van der Waals surface area (Å²) in [4.78, 5) is 16.9. The average Bonchev–Trinajstić information content (AvgIpc) is 3.58. The molecule has 4 rings (SSSR count). The van der Waals surface area contributed by atoms with E-state index >= 15 is 0 Å². The number of carbonyl (C=O) groups is 1. The first-order chi connectivity index (χ1) is 32.3. The Labute approximate surface area is 417 Å². The van der Waals surface area contributed by atoms with Gasteiger partial charge in [-0.05, 0) is 96.8 Å². The minimum Gasteiger partial charge on any atom is -0.493 e. The zero-order chi connectivity index (χ0) is 51.3. The summed E-state index contributed by atoms with van der Waals surface area (Å²) in [5.74, 6) is -0.650. The lowest BCUT2D eigenvalue weighted by molar-refractivity contribution is -0.151. The summed E-state index contributed by atoms with van der Waals surface area (Å²) in [7, 11) is -5.19. The fourth-order valence-corrected chi connectivity index (χ4v) is 14.9. The van der Waals surface area contributed by atoms with Gasteiger partial charge >= 0.3 is 5.97 Å². The predicted molar refractivity (Wildman–Crippen MR) is 288 cm³/mol. The highest BCUT2D eigenvalue weighted by molar-refractivity contribution is 6.99. The lowest BCUT2D eigenvalue weighted by Crippen LogP contribution is -2.67. The van der Waals surface area contributed by atoms with Crippen molar-refractivity contribution in [2.24, 2.45) is 11.0 Å². The molecule has 0 amide bonds. The molecule has 3 aromatic carbocycles. The van der Waals surface area contributed by atoms with Gasteiger partial charge in [0.2, 0.25) is 0 Å². The molecule has 12 nitrogen and oxygen atoms in total. The molecular weight excluding hydrogens is 919 g/mol. The predicted octanol–water partition coefficient (Wildman–Crippen LogP) is 12.7. The number of benzene rings is 3. The van der Waals surface area contributed by atoms with Gasteiger partial charge in [0.15, 0.2) is 20.9 Å². The number of azide groups is 1. The molecule has 0 aromatic heterocycles. The van der Waals surface area contributed by atoms with Gasteiger partial charge in [-0.2, -0.15) is 0 Å². The molecule has 5 atom stereocenters. The first-order valence-electron chi connectivity index (χ1n) is 24.5. The Hall–Kier alpha value is -4.03. The maximum Gasteiger partial charge on any atom is 0.342 e. The molecule has 1 unspecified atom stereocenters. The number of hydrogen-bond donors (Lipinski definition) is 0. The van der Waals surface area contributed by atoms with Crippen LogP contribution < -0.4 is 19.8 Å². The van der Waals surface area contributed by atoms with Crippen molar-refractivity contribution in [2.45, 2.75) is 161 Å². The molecule has 69 heavy (non-hydrogen) atoms. The summed E-state index contributed by atoms with van der Waals surface area (Å²) in [5, 5.41) is 5.88. The Morgan fingerprint density at radius 1 is 0.826 bits per heavy atom. The van der Waals surface area contributed by atoms with Crippen LogP contribution in [0.25, 0.3) is 16.5 Å². The Morgan fingerprint density at radius 2 is 1.43 bits per heavy atom. The largest absolute Gasteiger partial charge is 0.493 e. The van der Waals surface area contributed by atoms with Gasteiger partial charge in [-0.1, -0.05) is 158 Å². The molecule has 1 saturated heterocycles. The molecule has 1 heterocycles. The molecule has 3 aromatic rings. The summed E-state index contributed by atoms with van der Waals surface area (Å²) < 4.78 is 51.8. The molecular formula is C54H83N3O9Si3. The van der Waals surface area contributed by atoms with Crippen molar-refractivity contribution in [3.63, 3.8) is 0 Å². The molecule has 0 saturated carbocycles. The standard InChI is InChI=1S/C54H83N3O9Si3/c1-40(41(2)65-69(53(6,7)8,42-25-19-17-20-26-42)43-27-21-18-22-28-43)31-32-48(66-68(15,16)52(3,4)5)50-47(63-54(9,10)64-50)30-23-29-44-45(60-36-24-35-56-57-55)33-34-46(62-39-59-11)49(44)51(58)61-37-38-67(12,13)14/h17-23,25-29,31-34,40-41,47-48,50H,24,30,35-39H2,1-16H3/b29-23+,32-31-/t40-,41-,47+,48?,50-/m0/s1. The number of ether oxygens (including phenoxy) is 6. The molecule has 0 N–H and O–H groups in total. The summed E-state index contributed by atoms with van der Waals surface area (Å²) in [5.41, 5.74) is 9.55. The van der Waals surface area contributed by atoms with Crippen molar-refractivity contribution in [3.8, 4) is 11.5 Å². The monoisotopic (exact) mass is 1000 g/mol. The topological polar surface area (TPSA) is 140 Å².